The first-order chi connectivity index (χ1) is 21.1. The van der Waals surface area contributed by atoms with E-state index in [1.165, 1.54) is 12.1 Å². The van der Waals surface area contributed by atoms with E-state index in [0.29, 0.717) is 45.2 Å². The molecule has 0 amide bonds. The van der Waals surface area contributed by atoms with Crippen LogP contribution in [0.1, 0.15) is 50.9 Å². The fraction of sp³-hybridized carbons (Fsp3) is 0.235. The Hall–Kier alpha value is -5.38. The van der Waals surface area contributed by atoms with Crippen molar-refractivity contribution in [1.29, 1.82) is 0 Å². The molecule has 0 bridgehead atoms. The van der Waals surface area contributed by atoms with Crippen LogP contribution in [0.25, 0.3) is 21.5 Å². The molecule has 10 nitrogen and oxygen atoms in total. The van der Waals surface area contributed by atoms with Crippen molar-refractivity contribution in [2.45, 2.75) is 26.2 Å². The number of carboxylic acid groups (broad SMARTS) is 2. The van der Waals surface area contributed by atoms with Crippen LogP contribution in [-0.4, -0.2) is 54.5 Å². The molecule has 0 unspecified atom stereocenters. The van der Waals surface area contributed by atoms with Crippen LogP contribution in [0, 0.1) is 11.8 Å². The van der Waals surface area contributed by atoms with E-state index in [-0.39, 0.29) is 29.4 Å². The van der Waals surface area contributed by atoms with Gasteiger partial charge >= 0.3 is 17.9 Å². The van der Waals surface area contributed by atoms with Gasteiger partial charge in [0, 0.05) is 42.4 Å². The normalized spacial score (nSPS) is 16.0. The summed E-state index contributed by atoms with van der Waals surface area (Å²) in [7, 11) is 1.97. The number of benzene rings is 4. The number of hydrogen-bond donors (Lipinski definition) is 4. The monoisotopic (exact) mass is 596 g/mol. The minimum atomic E-state index is -1.28. The van der Waals surface area contributed by atoms with Gasteiger partial charge in [0.05, 0.1) is 18.9 Å². The fourth-order valence-electron chi connectivity index (χ4n) is 5.84. The van der Waals surface area contributed by atoms with Crippen LogP contribution in [0.3, 0.4) is 0 Å². The molecule has 2 heterocycles. The summed E-state index contributed by atoms with van der Waals surface area (Å²) in [6, 6.07) is 16.8. The lowest BCUT2D eigenvalue weighted by atomic mass is 9.89. The zero-order valence-electron chi connectivity index (χ0n) is 24.2. The van der Waals surface area contributed by atoms with Crippen LogP contribution in [-0.2, 0) is 29.4 Å². The van der Waals surface area contributed by atoms with Crippen LogP contribution in [0.2, 0.25) is 0 Å². The zero-order chi connectivity index (χ0) is 31.5. The minimum absolute atomic E-state index is 0.0373. The third kappa shape index (κ3) is 5.78. The van der Waals surface area contributed by atoms with Crippen LogP contribution in [0.5, 0.6) is 11.5 Å². The van der Waals surface area contributed by atoms with Crippen LogP contribution in [0.4, 0.5) is 0 Å². The number of ether oxygens (including phenoxy) is 1. The van der Waals surface area contributed by atoms with Crippen LogP contribution >= 0.6 is 0 Å². The molecule has 6 rings (SSSR count). The molecule has 1 saturated heterocycles. The molecular formula is C34H32N2O8. The number of aryl methyl sites for hydroxylation is 1. The van der Waals surface area contributed by atoms with Crippen LogP contribution < -0.4 is 0 Å². The molecule has 4 aromatic carbocycles. The Morgan fingerprint density at radius 1 is 0.909 bits per heavy atom. The summed E-state index contributed by atoms with van der Waals surface area (Å²) in [5, 5.41) is 42.8. The van der Waals surface area contributed by atoms with Gasteiger partial charge in [-0.1, -0.05) is 55.5 Å². The first-order valence-corrected chi connectivity index (χ1v) is 14.2. The van der Waals surface area contributed by atoms with E-state index in [0.717, 1.165) is 18.5 Å². The molecule has 0 aliphatic carbocycles. The molecule has 4 N–H and O–H groups in total. The number of cyclic esters (lactones) is 1. The summed E-state index contributed by atoms with van der Waals surface area (Å²) in [6.07, 6.45) is 5.34. The van der Waals surface area contributed by atoms with E-state index in [4.69, 9.17) is 4.74 Å². The average molecular weight is 597 g/mol. The topological polar surface area (TPSA) is 159 Å². The number of aromatic hydroxyl groups is 2. The van der Waals surface area contributed by atoms with E-state index in [9.17, 15) is 34.8 Å². The van der Waals surface area contributed by atoms with Gasteiger partial charge in [0.25, 0.3) is 0 Å². The van der Waals surface area contributed by atoms with Gasteiger partial charge in [-0.05, 0) is 46.5 Å². The van der Waals surface area contributed by atoms with Gasteiger partial charge in [-0.3, -0.25) is 4.79 Å². The number of rotatable bonds is 7. The van der Waals surface area contributed by atoms with Crippen molar-refractivity contribution in [2.24, 2.45) is 18.9 Å². The van der Waals surface area contributed by atoms with Crippen molar-refractivity contribution < 1.29 is 39.5 Å². The van der Waals surface area contributed by atoms with E-state index < -0.39 is 23.4 Å². The molecule has 226 valence electrons. The summed E-state index contributed by atoms with van der Waals surface area (Å²) >= 11 is 0. The molecule has 5 aromatic rings. The molecule has 0 spiro atoms. The summed E-state index contributed by atoms with van der Waals surface area (Å²) in [5.41, 5.74) is 1.28. The summed E-state index contributed by atoms with van der Waals surface area (Å²) < 4.78 is 7.08. The molecule has 0 saturated carbocycles. The van der Waals surface area contributed by atoms with E-state index in [2.05, 4.69) is 4.98 Å². The van der Waals surface area contributed by atoms with E-state index in [1.54, 1.807) is 54.9 Å². The first-order valence-electron chi connectivity index (χ1n) is 14.2. The highest BCUT2D eigenvalue weighted by Gasteiger charge is 2.35. The Balaban J connectivity index is 0.000000215. The van der Waals surface area contributed by atoms with Crippen LogP contribution in [0.15, 0.2) is 73.2 Å². The average Bonchev–Trinajstić information content (AvgIpc) is 3.58. The highest BCUT2D eigenvalue weighted by molar-refractivity contribution is 6.02. The Morgan fingerprint density at radius 2 is 1.43 bits per heavy atom. The summed E-state index contributed by atoms with van der Waals surface area (Å²) in [4.78, 5) is 38.7. The molecule has 0 radical (unpaired) electrons. The maximum atomic E-state index is 11.6. The third-order valence-corrected chi connectivity index (χ3v) is 8.21. The number of aromatic nitrogens is 2. The molecule has 1 aromatic heterocycles. The van der Waals surface area contributed by atoms with Gasteiger partial charge in [-0.2, -0.15) is 0 Å². The Morgan fingerprint density at radius 3 is 1.89 bits per heavy atom. The van der Waals surface area contributed by atoms with Crippen molar-refractivity contribution >= 4 is 39.5 Å². The summed E-state index contributed by atoms with van der Waals surface area (Å²) in [6.45, 7) is 2.59. The molecule has 2 atom stereocenters. The van der Waals surface area contributed by atoms with Crippen molar-refractivity contribution in [3.05, 3.63) is 101 Å². The lowest BCUT2D eigenvalue weighted by Crippen LogP contribution is -2.18. The molecule has 44 heavy (non-hydrogen) atoms. The van der Waals surface area contributed by atoms with Gasteiger partial charge < -0.3 is 29.7 Å². The minimum Gasteiger partial charge on any atom is -0.507 e. The number of phenols is 2. The SMILES string of the molecule is CC[C@@H]1C(=O)OC[C@@H]1Cc1cncn1C.O=C(O)c1cc2ccccc2c(Cc2c(O)c(C(=O)O)cc3ccccc23)c1O. The number of aromatic carboxylic acids is 2. The second-order valence-electron chi connectivity index (χ2n) is 10.8. The van der Waals surface area contributed by atoms with Crippen molar-refractivity contribution in [3.8, 4) is 11.5 Å². The number of carbonyl (C=O) groups is 3. The number of imidazole rings is 1. The van der Waals surface area contributed by atoms with Crippen molar-refractivity contribution in [2.75, 3.05) is 6.61 Å². The van der Waals surface area contributed by atoms with Crippen molar-refractivity contribution in [1.82, 2.24) is 9.55 Å². The highest BCUT2D eigenvalue weighted by atomic mass is 16.5. The summed E-state index contributed by atoms with van der Waals surface area (Å²) in [5.74, 6) is -3.01. The lowest BCUT2D eigenvalue weighted by Gasteiger charge is -2.16. The van der Waals surface area contributed by atoms with E-state index >= 15 is 0 Å². The zero-order valence-corrected chi connectivity index (χ0v) is 24.2. The maximum absolute atomic E-state index is 11.6. The van der Waals surface area contributed by atoms with Gasteiger partial charge in [0.1, 0.15) is 22.6 Å². The smallest absolute Gasteiger partial charge is 0.339 e. The maximum Gasteiger partial charge on any atom is 0.339 e. The fourth-order valence-corrected chi connectivity index (χ4v) is 5.84. The van der Waals surface area contributed by atoms with Gasteiger partial charge in [-0.15, -0.1) is 0 Å². The van der Waals surface area contributed by atoms with Gasteiger partial charge in [-0.25, -0.2) is 14.6 Å². The Labute approximate surface area is 252 Å². The highest BCUT2D eigenvalue weighted by Crippen LogP contribution is 2.38. The number of fused-ring (bicyclic) bond motifs is 2. The quantitative estimate of drug-likeness (QED) is 0.177. The van der Waals surface area contributed by atoms with Gasteiger partial charge in [0.15, 0.2) is 0 Å². The molecule has 1 fully saturated rings. The number of esters is 1. The second kappa shape index (κ2) is 12.5. The number of carbonyl (C=O) groups excluding carboxylic acids is 1. The lowest BCUT2D eigenvalue weighted by molar-refractivity contribution is -0.141. The first kappa shape index (κ1) is 30.1. The number of hydrogen-bond acceptors (Lipinski definition) is 7. The predicted molar refractivity (Wildman–Crippen MR) is 163 cm³/mol. The predicted octanol–water partition coefficient (Wildman–Crippen LogP) is 5.55. The van der Waals surface area contributed by atoms with E-state index in [1.807, 2.05) is 24.7 Å². The third-order valence-electron chi connectivity index (χ3n) is 8.21. The second-order valence-corrected chi connectivity index (χ2v) is 10.8. The molecule has 1 aliphatic heterocycles. The Kier molecular flexibility index (Phi) is 8.52. The Bertz CT molecular complexity index is 1790. The number of carboxylic acids is 2. The number of nitrogens with zero attached hydrogens (tertiary/aromatic N) is 2. The van der Waals surface area contributed by atoms with Gasteiger partial charge in [0.2, 0.25) is 0 Å². The molecule has 10 heteroatoms. The largest absolute Gasteiger partial charge is 0.507 e. The van der Waals surface area contributed by atoms with Crippen molar-refractivity contribution in [3.63, 3.8) is 0 Å². The standard InChI is InChI=1S/C23H16O6.C11H16N2O2/c24-20-16(14-7-3-1-5-12(14)9-18(20)22(26)27)11-17-15-8-4-2-6-13(15)10-19(21(17)25)23(28)29;1-3-10-8(6-15-11(10)14)4-9-5-12-7-13(9)2/h1-10,24-25H,11H2,(H,26,27)(H,28,29);5,7-8,10H,3-4,6H2,1-2H3/t;8-,10-/m.0/s1. The molecule has 1 aliphatic rings. The molecular weight excluding hydrogens is 564 g/mol.